The summed E-state index contributed by atoms with van der Waals surface area (Å²) in [5.41, 5.74) is -0.256. The van der Waals surface area contributed by atoms with E-state index in [4.69, 9.17) is 4.74 Å². The van der Waals surface area contributed by atoms with Gasteiger partial charge in [-0.05, 0) is 26.7 Å². The first-order valence-electron chi connectivity index (χ1n) is 6.51. The fourth-order valence-electron chi connectivity index (χ4n) is 2.52. The number of rotatable bonds is 3. The molecule has 1 saturated heterocycles. The van der Waals surface area contributed by atoms with E-state index in [-0.39, 0.29) is 5.97 Å². The van der Waals surface area contributed by atoms with E-state index in [0.717, 1.165) is 10.9 Å². The number of aliphatic imine (C=N–C) groups is 1. The number of carbonyl (C=O) groups is 1. The molecule has 0 aromatic carbocycles. The van der Waals surface area contributed by atoms with E-state index in [2.05, 4.69) is 10.3 Å². The molecule has 1 heterocycles. The molecule has 1 saturated carbocycles. The van der Waals surface area contributed by atoms with Crippen LogP contribution in [0.1, 0.15) is 39.5 Å². The molecule has 2 rings (SSSR count). The van der Waals surface area contributed by atoms with Gasteiger partial charge in [0, 0.05) is 11.3 Å². The first-order chi connectivity index (χ1) is 8.47. The molecule has 2 fully saturated rings. The summed E-state index contributed by atoms with van der Waals surface area (Å²) in [6.45, 7) is 4.22. The number of thioether (sulfide) groups is 1. The number of hydrogen-bond acceptors (Lipinski definition) is 4. The van der Waals surface area contributed by atoms with E-state index in [1.165, 1.54) is 32.8 Å². The Labute approximate surface area is 113 Å². The minimum absolute atomic E-state index is 0.203. The summed E-state index contributed by atoms with van der Waals surface area (Å²) in [7, 11) is 1.42. The zero-order valence-electron chi connectivity index (χ0n) is 11.4. The largest absolute Gasteiger partial charge is 0.469 e. The molecule has 102 valence electrons. The van der Waals surface area contributed by atoms with Crippen LogP contribution in [0.25, 0.3) is 0 Å². The highest BCUT2D eigenvalue weighted by atomic mass is 32.2. The molecule has 18 heavy (non-hydrogen) atoms. The molecule has 4 nitrogen and oxygen atoms in total. The number of nitrogens with zero attached hydrogens (tertiary/aromatic N) is 1. The number of ether oxygens (including phenoxy) is 1. The Balaban J connectivity index is 1.93. The van der Waals surface area contributed by atoms with E-state index in [1.54, 1.807) is 11.8 Å². The highest BCUT2D eigenvalue weighted by molar-refractivity contribution is 8.14. The molecule has 1 spiro atoms. The van der Waals surface area contributed by atoms with Crippen LogP contribution in [0.2, 0.25) is 0 Å². The Kier molecular flexibility index (Phi) is 3.90. The summed E-state index contributed by atoms with van der Waals surface area (Å²) in [4.78, 5) is 16.1. The summed E-state index contributed by atoms with van der Waals surface area (Å²) in [5, 5.41) is 4.55. The molecule has 5 heteroatoms. The van der Waals surface area contributed by atoms with Crippen LogP contribution in [0, 0.1) is 5.41 Å². The molecular weight excluding hydrogens is 248 g/mol. The second kappa shape index (κ2) is 5.11. The van der Waals surface area contributed by atoms with Gasteiger partial charge in [0.25, 0.3) is 0 Å². The molecule has 2 aliphatic rings. The van der Waals surface area contributed by atoms with E-state index < -0.39 is 5.41 Å². The van der Waals surface area contributed by atoms with E-state index in [1.807, 2.05) is 13.8 Å². The van der Waals surface area contributed by atoms with Gasteiger partial charge in [0.15, 0.2) is 5.17 Å². The van der Waals surface area contributed by atoms with Gasteiger partial charge in [-0.3, -0.25) is 9.79 Å². The smallest absolute Gasteiger partial charge is 0.313 e. The van der Waals surface area contributed by atoms with Gasteiger partial charge in [-0.15, -0.1) is 0 Å². The van der Waals surface area contributed by atoms with Crippen LogP contribution in [0.4, 0.5) is 0 Å². The average molecular weight is 270 g/mol. The minimum Gasteiger partial charge on any atom is -0.469 e. The first kappa shape index (κ1) is 13.7. The van der Waals surface area contributed by atoms with Gasteiger partial charge in [-0.1, -0.05) is 24.6 Å². The van der Waals surface area contributed by atoms with Crippen LogP contribution in [-0.4, -0.2) is 36.1 Å². The van der Waals surface area contributed by atoms with Gasteiger partial charge >= 0.3 is 5.97 Å². The Hall–Kier alpha value is -0.710. The Morgan fingerprint density at radius 1 is 1.50 bits per heavy atom. The van der Waals surface area contributed by atoms with Crippen LogP contribution < -0.4 is 5.32 Å². The molecule has 0 amide bonds. The average Bonchev–Trinajstić information content (AvgIpc) is 2.97. The van der Waals surface area contributed by atoms with Gasteiger partial charge < -0.3 is 10.1 Å². The van der Waals surface area contributed by atoms with Crippen LogP contribution in [-0.2, 0) is 9.53 Å². The molecule has 1 aliphatic heterocycles. The summed E-state index contributed by atoms with van der Waals surface area (Å²) >= 11 is 1.79. The molecular formula is C13H22N2O2S. The van der Waals surface area contributed by atoms with Crippen LogP contribution in [0.5, 0.6) is 0 Å². The van der Waals surface area contributed by atoms with Crippen molar-refractivity contribution in [2.75, 3.05) is 19.4 Å². The SMILES string of the molecule is COC(=O)C(C)(C)CN=C1NC2(CCCC2)CS1. The topological polar surface area (TPSA) is 50.7 Å². The maximum atomic E-state index is 11.6. The zero-order chi connectivity index (χ0) is 13.2. The minimum atomic E-state index is -0.546. The maximum absolute atomic E-state index is 11.6. The van der Waals surface area contributed by atoms with Crippen molar-refractivity contribution in [2.45, 2.75) is 45.1 Å². The molecule has 0 aromatic rings. The first-order valence-corrected chi connectivity index (χ1v) is 7.50. The third kappa shape index (κ3) is 2.82. The fraction of sp³-hybridized carbons (Fsp3) is 0.846. The number of methoxy groups -OCH3 is 1. The van der Waals surface area contributed by atoms with Crippen molar-refractivity contribution in [3.63, 3.8) is 0 Å². The van der Waals surface area contributed by atoms with Gasteiger partial charge in [0.2, 0.25) is 0 Å². The second-order valence-corrected chi connectivity index (χ2v) is 6.86. The lowest BCUT2D eigenvalue weighted by molar-refractivity contribution is -0.150. The number of nitrogens with one attached hydrogen (secondary N) is 1. The number of carbonyl (C=O) groups excluding carboxylic acids is 1. The summed E-state index contributed by atoms with van der Waals surface area (Å²) in [6, 6.07) is 0. The van der Waals surface area contributed by atoms with Crippen LogP contribution in [0.3, 0.4) is 0 Å². The van der Waals surface area contributed by atoms with Crippen LogP contribution >= 0.6 is 11.8 Å². The predicted octanol–water partition coefficient (Wildman–Crippen LogP) is 2.19. The van der Waals surface area contributed by atoms with Gasteiger partial charge in [-0.2, -0.15) is 0 Å². The Morgan fingerprint density at radius 3 is 2.78 bits per heavy atom. The number of hydrogen-bond donors (Lipinski definition) is 1. The van der Waals surface area contributed by atoms with Crippen molar-refractivity contribution in [3.8, 4) is 0 Å². The van der Waals surface area contributed by atoms with E-state index in [0.29, 0.717) is 12.1 Å². The quantitative estimate of drug-likeness (QED) is 0.799. The highest BCUT2D eigenvalue weighted by Crippen LogP contribution is 2.37. The van der Waals surface area contributed by atoms with Gasteiger partial charge in [0.1, 0.15) is 0 Å². The van der Waals surface area contributed by atoms with E-state index >= 15 is 0 Å². The molecule has 0 atom stereocenters. The van der Waals surface area contributed by atoms with Crippen LogP contribution in [0.15, 0.2) is 4.99 Å². The lowest BCUT2D eigenvalue weighted by atomic mass is 9.94. The number of esters is 1. The lowest BCUT2D eigenvalue weighted by Crippen LogP contribution is -2.41. The lowest BCUT2D eigenvalue weighted by Gasteiger charge is -2.22. The molecule has 0 bridgehead atoms. The maximum Gasteiger partial charge on any atom is 0.313 e. The third-order valence-electron chi connectivity index (χ3n) is 3.77. The van der Waals surface area contributed by atoms with Crippen molar-refractivity contribution < 1.29 is 9.53 Å². The van der Waals surface area contributed by atoms with Crippen molar-refractivity contribution in [1.82, 2.24) is 5.32 Å². The molecule has 1 N–H and O–H groups in total. The van der Waals surface area contributed by atoms with Crippen molar-refractivity contribution in [3.05, 3.63) is 0 Å². The van der Waals surface area contributed by atoms with Gasteiger partial charge in [0.05, 0.1) is 19.1 Å². The second-order valence-electron chi connectivity index (χ2n) is 5.90. The predicted molar refractivity (Wildman–Crippen MR) is 74.9 cm³/mol. The normalized spacial score (nSPS) is 24.5. The summed E-state index contributed by atoms with van der Waals surface area (Å²) < 4.78 is 4.79. The molecule has 1 aliphatic carbocycles. The van der Waals surface area contributed by atoms with Crippen molar-refractivity contribution in [1.29, 1.82) is 0 Å². The number of amidine groups is 1. The fourth-order valence-corrected chi connectivity index (χ4v) is 3.74. The summed E-state index contributed by atoms with van der Waals surface area (Å²) in [6.07, 6.45) is 5.13. The summed E-state index contributed by atoms with van der Waals surface area (Å²) in [5.74, 6) is 0.912. The zero-order valence-corrected chi connectivity index (χ0v) is 12.2. The monoisotopic (exact) mass is 270 g/mol. The van der Waals surface area contributed by atoms with Crippen molar-refractivity contribution >= 4 is 22.9 Å². The standard InChI is InChI=1S/C13H22N2O2S/c1-12(2,10(16)17-3)8-14-11-15-13(9-18-11)6-4-5-7-13/h4-9H2,1-3H3,(H,14,15). The third-order valence-corrected chi connectivity index (χ3v) is 4.98. The molecule has 0 aromatic heterocycles. The van der Waals surface area contributed by atoms with Gasteiger partial charge in [-0.25, -0.2) is 0 Å². The highest BCUT2D eigenvalue weighted by Gasteiger charge is 2.40. The van der Waals surface area contributed by atoms with E-state index in [9.17, 15) is 4.79 Å². The molecule has 0 unspecified atom stereocenters. The molecule has 0 radical (unpaired) electrons. The van der Waals surface area contributed by atoms with Crippen molar-refractivity contribution in [2.24, 2.45) is 10.4 Å². The Morgan fingerprint density at radius 2 is 2.17 bits per heavy atom. The Bertz CT molecular complexity index is 360.